The molecule has 4 N–H and O–H groups in total. The van der Waals surface area contributed by atoms with Crippen LogP contribution >= 0.6 is 0 Å². The Hall–Kier alpha value is -0.610. The highest BCUT2D eigenvalue weighted by Gasteiger charge is 2.16. The van der Waals surface area contributed by atoms with Crippen LogP contribution in [0.1, 0.15) is 13.8 Å². The molecule has 4 nitrogen and oxygen atoms in total. The van der Waals surface area contributed by atoms with Gasteiger partial charge in [-0.2, -0.15) is 0 Å². The number of carbonyl (C=O) groups excluding carboxylic acids is 1. The lowest BCUT2D eigenvalue weighted by Crippen LogP contribution is -2.37. The zero-order valence-electron chi connectivity index (χ0n) is 6.39. The second-order valence-electron chi connectivity index (χ2n) is 2.72. The maximum absolute atomic E-state index is 10.2. The van der Waals surface area contributed by atoms with E-state index in [9.17, 15) is 4.79 Å². The van der Waals surface area contributed by atoms with Gasteiger partial charge in [-0.05, 0) is 13.8 Å². The molecule has 0 aromatic rings. The Morgan fingerprint density at radius 1 is 1.60 bits per heavy atom. The highest BCUT2D eigenvalue weighted by molar-refractivity contribution is 5.75. The normalized spacial score (nSPS) is 11.5. The summed E-state index contributed by atoms with van der Waals surface area (Å²) in [4.78, 5) is 10.2. The summed E-state index contributed by atoms with van der Waals surface area (Å²) < 4.78 is 5.04. The molecule has 0 fully saturated rings. The summed E-state index contributed by atoms with van der Waals surface area (Å²) in [7, 11) is 0. The van der Waals surface area contributed by atoms with Crippen molar-refractivity contribution in [1.29, 1.82) is 0 Å². The fourth-order valence-electron chi connectivity index (χ4n) is 0.325. The van der Waals surface area contributed by atoms with Crippen LogP contribution in [0.3, 0.4) is 0 Å². The summed E-state index contributed by atoms with van der Waals surface area (Å²) in [5, 5.41) is 0. The van der Waals surface area contributed by atoms with Crippen LogP contribution in [0.15, 0.2) is 0 Å². The quantitative estimate of drug-likeness (QED) is 0.546. The number of hydrogen-bond donors (Lipinski definition) is 2. The van der Waals surface area contributed by atoms with Crippen molar-refractivity contribution in [3.05, 3.63) is 0 Å². The zero-order valence-corrected chi connectivity index (χ0v) is 6.39. The molecule has 10 heavy (non-hydrogen) atoms. The summed E-state index contributed by atoms with van der Waals surface area (Å²) in [5.41, 5.74) is 9.72. The molecule has 0 saturated heterocycles. The predicted molar refractivity (Wildman–Crippen MR) is 38.3 cm³/mol. The van der Waals surface area contributed by atoms with Gasteiger partial charge in [0.25, 0.3) is 0 Å². The van der Waals surface area contributed by atoms with Gasteiger partial charge in [-0.3, -0.25) is 4.79 Å². The summed E-state index contributed by atoms with van der Waals surface area (Å²) in [6.07, 6.45) is 0. The molecular weight excluding hydrogens is 132 g/mol. The van der Waals surface area contributed by atoms with Gasteiger partial charge in [0.05, 0.1) is 5.60 Å². The molecular formula is C6H14N2O2. The molecule has 0 saturated carbocycles. The summed E-state index contributed by atoms with van der Waals surface area (Å²) in [5.74, 6) is -0.471. The van der Waals surface area contributed by atoms with Crippen molar-refractivity contribution in [3.8, 4) is 0 Å². The van der Waals surface area contributed by atoms with E-state index < -0.39 is 11.5 Å². The molecule has 1 amide bonds. The molecule has 4 heteroatoms. The average Bonchev–Trinajstić information content (AvgIpc) is 1.85. The average molecular weight is 146 g/mol. The molecule has 0 aliphatic heterocycles. The molecule has 60 valence electrons. The second-order valence-corrected chi connectivity index (χ2v) is 2.72. The minimum atomic E-state index is -0.471. The Morgan fingerprint density at radius 2 is 2.10 bits per heavy atom. The Kier molecular flexibility index (Phi) is 3.32. The van der Waals surface area contributed by atoms with Crippen LogP contribution in [0.5, 0.6) is 0 Å². The van der Waals surface area contributed by atoms with Crippen LogP contribution in [0.2, 0.25) is 0 Å². The van der Waals surface area contributed by atoms with Crippen LogP contribution < -0.4 is 11.5 Å². The van der Waals surface area contributed by atoms with Crippen LogP contribution in [-0.4, -0.2) is 24.7 Å². The number of carbonyl (C=O) groups is 1. The van der Waals surface area contributed by atoms with E-state index in [2.05, 4.69) is 0 Å². The molecule has 0 atom stereocenters. The molecule has 0 aliphatic rings. The van der Waals surface area contributed by atoms with E-state index in [1.165, 1.54) is 0 Å². The van der Waals surface area contributed by atoms with E-state index in [1.54, 1.807) is 13.8 Å². The number of hydrogen-bond acceptors (Lipinski definition) is 3. The van der Waals surface area contributed by atoms with Crippen molar-refractivity contribution >= 4 is 5.91 Å². The topological polar surface area (TPSA) is 78.3 Å². The van der Waals surface area contributed by atoms with Gasteiger partial charge in [0.15, 0.2) is 0 Å². The van der Waals surface area contributed by atoms with E-state index >= 15 is 0 Å². The van der Waals surface area contributed by atoms with Crippen LogP contribution in [-0.2, 0) is 9.53 Å². The SMILES string of the molecule is CC(C)(CN)OCC(N)=O. The summed E-state index contributed by atoms with van der Waals surface area (Å²) in [6, 6.07) is 0. The summed E-state index contributed by atoms with van der Waals surface area (Å²) >= 11 is 0. The highest BCUT2D eigenvalue weighted by atomic mass is 16.5. The minimum Gasteiger partial charge on any atom is -0.368 e. The van der Waals surface area contributed by atoms with Gasteiger partial charge in [-0.25, -0.2) is 0 Å². The molecule has 0 aromatic carbocycles. The first-order valence-electron chi connectivity index (χ1n) is 3.10. The van der Waals surface area contributed by atoms with Gasteiger partial charge in [-0.15, -0.1) is 0 Å². The van der Waals surface area contributed by atoms with E-state index in [1.807, 2.05) is 0 Å². The Bertz CT molecular complexity index is 123. The molecule has 0 aromatic heterocycles. The lowest BCUT2D eigenvalue weighted by atomic mass is 10.1. The molecule has 0 bridgehead atoms. The summed E-state index contributed by atoms with van der Waals surface area (Å²) in [6.45, 7) is 3.91. The van der Waals surface area contributed by atoms with Crippen molar-refractivity contribution in [3.63, 3.8) is 0 Å². The maximum atomic E-state index is 10.2. The van der Waals surface area contributed by atoms with Crippen LogP contribution in [0, 0.1) is 0 Å². The third-order valence-corrected chi connectivity index (χ3v) is 1.10. The first-order chi connectivity index (χ1) is 4.48. The molecule has 0 aliphatic carbocycles. The lowest BCUT2D eigenvalue weighted by molar-refractivity contribution is -0.127. The van der Waals surface area contributed by atoms with Gasteiger partial charge >= 0.3 is 0 Å². The Balaban J connectivity index is 3.56. The fourth-order valence-corrected chi connectivity index (χ4v) is 0.325. The van der Waals surface area contributed by atoms with Crippen LogP contribution in [0.25, 0.3) is 0 Å². The number of rotatable bonds is 4. The smallest absolute Gasteiger partial charge is 0.243 e. The number of amides is 1. The monoisotopic (exact) mass is 146 g/mol. The van der Waals surface area contributed by atoms with E-state index in [0.29, 0.717) is 6.54 Å². The number of ether oxygens (including phenoxy) is 1. The predicted octanol–water partition coefficient (Wildman–Crippen LogP) is -0.774. The van der Waals surface area contributed by atoms with Gasteiger partial charge in [0.2, 0.25) is 5.91 Å². The first-order valence-corrected chi connectivity index (χ1v) is 3.10. The molecule has 0 spiro atoms. The van der Waals surface area contributed by atoms with Crippen molar-refractivity contribution in [2.45, 2.75) is 19.4 Å². The van der Waals surface area contributed by atoms with Gasteiger partial charge in [0.1, 0.15) is 6.61 Å². The van der Waals surface area contributed by atoms with E-state index in [-0.39, 0.29) is 6.61 Å². The van der Waals surface area contributed by atoms with Gasteiger partial charge < -0.3 is 16.2 Å². The number of nitrogens with two attached hydrogens (primary N) is 2. The van der Waals surface area contributed by atoms with E-state index in [4.69, 9.17) is 16.2 Å². The minimum absolute atomic E-state index is 0.0653. The van der Waals surface area contributed by atoms with Crippen molar-refractivity contribution in [2.75, 3.05) is 13.2 Å². The molecule has 0 rings (SSSR count). The molecule has 0 radical (unpaired) electrons. The molecule has 0 heterocycles. The van der Waals surface area contributed by atoms with Crippen molar-refractivity contribution < 1.29 is 9.53 Å². The zero-order chi connectivity index (χ0) is 8.20. The highest BCUT2D eigenvalue weighted by Crippen LogP contribution is 2.04. The number of primary amides is 1. The Morgan fingerprint density at radius 3 is 2.40 bits per heavy atom. The second kappa shape index (κ2) is 3.53. The van der Waals surface area contributed by atoms with E-state index in [0.717, 1.165) is 0 Å². The van der Waals surface area contributed by atoms with Crippen LogP contribution in [0.4, 0.5) is 0 Å². The van der Waals surface area contributed by atoms with Crippen molar-refractivity contribution in [2.24, 2.45) is 11.5 Å². The Labute approximate surface area is 60.5 Å². The molecule has 0 unspecified atom stereocenters. The maximum Gasteiger partial charge on any atom is 0.243 e. The van der Waals surface area contributed by atoms with Gasteiger partial charge in [-0.1, -0.05) is 0 Å². The third kappa shape index (κ3) is 4.29. The third-order valence-electron chi connectivity index (χ3n) is 1.10. The lowest BCUT2D eigenvalue weighted by Gasteiger charge is -2.21. The largest absolute Gasteiger partial charge is 0.368 e. The standard InChI is InChI=1S/C6H14N2O2/c1-6(2,4-7)10-3-5(8)9/h3-4,7H2,1-2H3,(H2,8,9). The van der Waals surface area contributed by atoms with Crippen molar-refractivity contribution in [1.82, 2.24) is 0 Å². The van der Waals surface area contributed by atoms with Gasteiger partial charge in [0, 0.05) is 6.54 Å². The first kappa shape index (κ1) is 9.39. The fraction of sp³-hybridized carbons (Fsp3) is 0.833.